The van der Waals surface area contributed by atoms with Gasteiger partial charge in [0.2, 0.25) is 5.91 Å². The highest BCUT2D eigenvalue weighted by Gasteiger charge is 2.40. The van der Waals surface area contributed by atoms with E-state index in [0.717, 1.165) is 12.8 Å². The van der Waals surface area contributed by atoms with E-state index in [1.807, 2.05) is 6.07 Å². The number of nitrogens with one attached hydrogen (secondary N) is 1. The maximum Gasteiger partial charge on any atom is 0.245 e. The summed E-state index contributed by atoms with van der Waals surface area (Å²) in [4.78, 5) is 26.5. The zero-order valence-electron chi connectivity index (χ0n) is 12.4. The van der Waals surface area contributed by atoms with E-state index in [1.165, 1.54) is 0 Å². The molecule has 0 fully saturated rings. The molecule has 0 aliphatic carbocycles. The molecule has 1 aromatic rings. The summed E-state index contributed by atoms with van der Waals surface area (Å²) < 4.78 is 0. The van der Waals surface area contributed by atoms with Crippen LogP contribution < -0.4 is 10.6 Å². The SMILES string of the molecule is CCC(C)CCN1C(=O)C(C(=N)N)C(=O)c2ccccc21. The first-order chi connectivity index (χ1) is 9.97. The van der Waals surface area contributed by atoms with Crippen LogP contribution in [0.3, 0.4) is 0 Å². The number of nitrogens with zero attached hydrogens (tertiary/aromatic N) is 1. The van der Waals surface area contributed by atoms with Crippen molar-refractivity contribution < 1.29 is 9.59 Å². The number of carbonyl (C=O) groups is 2. The van der Waals surface area contributed by atoms with Gasteiger partial charge in [0.25, 0.3) is 0 Å². The number of carbonyl (C=O) groups excluding carboxylic acids is 2. The molecule has 112 valence electrons. The summed E-state index contributed by atoms with van der Waals surface area (Å²) in [5.74, 6) is -1.80. The van der Waals surface area contributed by atoms with Crippen molar-refractivity contribution in [3.63, 3.8) is 0 Å². The van der Waals surface area contributed by atoms with Crippen LogP contribution in [0.2, 0.25) is 0 Å². The van der Waals surface area contributed by atoms with Crippen LogP contribution in [0.1, 0.15) is 37.0 Å². The highest BCUT2D eigenvalue weighted by Crippen LogP contribution is 2.31. The molecule has 2 atom stereocenters. The Bertz CT molecular complexity index is 583. The molecular formula is C16H21N3O2. The molecule has 1 aromatic carbocycles. The van der Waals surface area contributed by atoms with Gasteiger partial charge in [-0.05, 0) is 24.5 Å². The number of rotatable bonds is 5. The molecule has 1 aliphatic heterocycles. The number of fused-ring (bicyclic) bond motifs is 1. The molecule has 5 nitrogen and oxygen atoms in total. The summed E-state index contributed by atoms with van der Waals surface area (Å²) in [5, 5.41) is 7.54. The maximum atomic E-state index is 12.5. The Labute approximate surface area is 124 Å². The Morgan fingerprint density at radius 1 is 1.38 bits per heavy atom. The Morgan fingerprint density at radius 2 is 2.05 bits per heavy atom. The zero-order chi connectivity index (χ0) is 15.6. The number of ketones is 1. The van der Waals surface area contributed by atoms with Crippen LogP contribution in [0.5, 0.6) is 0 Å². The van der Waals surface area contributed by atoms with Gasteiger partial charge in [-0.1, -0.05) is 32.4 Å². The predicted molar refractivity (Wildman–Crippen MR) is 82.6 cm³/mol. The van der Waals surface area contributed by atoms with E-state index in [1.54, 1.807) is 23.1 Å². The van der Waals surface area contributed by atoms with Gasteiger partial charge in [0.1, 0.15) is 5.84 Å². The minimum absolute atomic E-state index is 0.372. The Hall–Kier alpha value is -2.17. The third-order valence-electron chi connectivity index (χ3n) is 4.09. The van der Waals surface area contributed by atoms with Gasteiger partial charge in [-0.3, -0.25) is 15.0 Å². The number of hydrogen-bond acceptors (Lipinski definition) is 3. The predicted octanol–water partition coefficient (Wildman–Crippen LogP) is 2.20. The van der Waals surface area contributed by atoms with Crippen molar-refractivity contribution in [1.82, 2.24) is 0 Å². The molecule has 1 heterocycles. The summed E-state index contributed by atoms with van der Waals surface area (Å²) in [6.07, 6.45) is 1.90. The molecule has 1 aliphatic rings. The quantitative estimate of drug-likeness (QED) is 0.494. The fraction of sp³-hybridized carbons (Fsp3) is 0.438. The lowest BCUT2D eigenvalue weighted by atomic mass is 9.89. The third-order valence-corrected chi connectivity index (χ3v) is 4.09. The van der Waals surface area contributed by atoms with E-state index in [9.17, 15) is 9.59 Å². The largest absolute Gasteiger partial charge is 0.387 e. The molecule has 0 saturated heterocycles. The average molecular weight is 287 g/mol. The van der Waals surface area contributed by atoms with Crippen LogP contribution in [0, 0.1) is 17.2 Å². The van der Waals surface area contributed by atoms with Crippen LogP contribution in [0.4, 0.5) is 5.69 Å². The topological polar surface area (TPSA) is 87.2 Å². The molecule has 0 aromatic heterocycles. The number of anilines is 1. The van der Waals surface area contributed by atoms with Crippen molar-refractivity contribution in [2.45, 2.75) is 26.7 Å². The number of amides is 1. The van der Waals surface area contributed by atoms with Crippen molar-refractivity contribution in [1.29, 1.82) is 5.41 Å². The summed E-state index contributed by atoms with van der Waals surface area (Å²) in [6, 6.07) is 7.04. The smallest absolute Gasteiger partial charge is 0.245 e. The number of Topliss-reactive ketones (excluding diaryl/α,β-unsaturated/α-hetero) is 1. The van der Waals surface area contributed by atoms with Crippen LogP contribution >= 0.6 is 0 Å². The van der Waals surface area contributed by atoms with E-state index >= 15 is 0 Å². The van der Waals surface area contributed by atoms with Crippen LogP contribution in [-0.4, -0.2) is 24.1 Å². The highest BCUT2D eigenvalue weighted by molar-refractivity contribution is 6.31. The molecule has 0 spiro atoms. The molecule has 1 amide bonds. The van der Waals surface area contributed by atoms with Gasteiger partial charge in [-0.2, -0.15) is 0 Å². The summed E-state index contributed by atoms with van der Waals surface area (Å²) in [5.41, 5.74) is 6.57. The Kier molecular flexibility index (Phi) is 4.40. The molecule has 3 N–H and O–H groups in total. The van der Waals surface area contributed by atoms with E-state index in [0.29, 0.717) is 23.7 Å². The number of hydrogen-bond donors (Lipinski definition) is 2. The van der Waals surface area contributed by atoms with Gasteiger partial charge in [0.05, 0.1) is 5.69 Å². The third kappa shape index (κ3) is 2.82. The standard InChI is InChI=1S/C16H21N3O2/c1-3-10(2)8-9-19-12-7-5-4-6-11(12)14(20)13(15(17)18)16(19)21/h4-7,10,13H,3,8-9H2,1-2H3,(H3,17,18). The number of nitrogens with two attached hydrogens (primary N) is 1. The second-order valence-electron chi connectivity index (χ2n) is 5.56. The van der Waals surface area contributed by atoms with Crippen LogP contribution in [0.25, 0.3) is 0 Å². The number of amidine groups is 1. The number of benzene rings is 1. The summed E-state index contributed by atoms with van der Waals surface area (Å²) >= 11 is 0. The van der Waals surface area contributed by atoms with Gasteiger partial charge in [0.15, 0.2) is 11.7 Å². The summed E-state index contributed by atoms with van der Waals surface area (Å²) in [7, 11) is 0. The first-order valence-electron chi connectivity index (χ1n) is 7.25. The first-order valence-corrected chi connectivity index (χ1v) is 7.25. The number of para-hydroxylation sites is 1. The second kappa shape index (κ2) is 6.08. The molecule has 0 bridgehead atoms. The second-order valence-corrected chi connectivity index (χ2v) is 5.56. The van der Waals surface area contributed by atoms with E-state index in [4.69, 9.17) is 11.1 Å². The molecule has 5 heteroatoms. The van der Waals surface area contributed by atoms with Crippen molar-refractivity contribution in [2.75, 3.05) is 11.4 Å². The summed E-state index contributed by atoms with van der Waals surface area (Å²) in [6.45, 7) is 4.79. The fourth-order valence-electron chi connectivity index (χ4n) is 2.52. The lowest BCUT2D eigenvalue weighted by Crippen LogP contribution is -2.50. The minimum Gasteiger partial charge on any atom is -0.387 e. The normalized spacial score (nSPS) is 19.3. The van der Waals surface area contributed by atoms with Gasteiger partial charge in [0, 0.05) is 12.1 Å². The van der Waals surface area contributed by atoms with Crippen molar-refractivity contribution >= 4 is 23.2 Å². The first kappa shape index (κ1) is 15.2. The molecule has 2 rings (SSSR count). The minimum atomic E-state index is -1.17. The van der Waals surface area contributed by atoms with Gasteiger partial charge < -0.3 is 10.6 Å². The van der Waals surface area contributed by atoms with Crippen molar-refractivity contribution in [3.8, 4) is 0 Å². The van der Waals surface area contributed by atoms with Crippen LogP contribution in [0.15, 0.2) is 24.3 Å². The molecule has 0 radical (unpaired) electrons. The Morgan fingerprint density at radius 3 is 2.67 bits per heavy atom. The fourth-order valence-corrected chi connectivity index (χ4v) is 2.52. The monoisotopic (exact) mass is 287 g/mol. The molecule has 2 unspecified atom stereocenters. The van der Waals surface area contributed by atoms with Gasteiger partial charge >= 0.3 is 0 Å². The maximum absolute atomic E-state index is 12.5. The van der Waals surface area contributed by atoms with E-state index in [-0.39, 0.29) is 17.5 Å². The van der Waals surface area contributed by atoms with E-state index in [2.05, 4.69) is 13.8 Å². The Balaban J connectivity index is 2.38. The van der Waals surface area contributed by atoms with Crippen LogP contribution in [-0.2, 0) is 4.79 Å². The lowest BCUT2D eigenvalue weighted by Gasteiger charge is -2.33. The molecule has 0 saturated carbocycles. The van der Waals surface area contributed by atoms with Gasteiger partial charge in [-0.15, -0.1) is 0 Å². The van der Waals surface area contributed by atoms with Gasteiger partial charge in [-0.25, -0.2) is 0 Å². The highest BCUT2D eigenvalue weighted by atomic mass is 16.2. The lowest BCUT2D eigenvalue weighted by molar-refractivity contribution is -0.119. The average Bonchev–Trinajstić information content (AvgIpc) is 2.46. The molecular weight excluding hydrogens is 266 g/mol. The zero-order valence-corrected chi connectivity index (χ0v) is 12.4. The molecule has 21 heavy (non-hydrogen) atoms. The van der Waals surface area contributed by atoms with Crippen molar-refractivity contribution in [3.05, 3.63) is 29.8 Å². The van der Waals surface area contributed by atoms with E-state index < -0.39 is 5.92 Å². The van der Waals surface area contributed by atoms with Crippen molar-refractivity contribution in [2.24, 2.45) is 17.6 Å².